The maximum absolute atomic E-state index is 9.72. The summed E-state index contributed by atoms with van der Waals surface area (Å²) in [5.41, 5.74) is 2.29. The van der Waals surface area contributed by atoms with Gasteiger partial charge in [0.05, 0.1) is 0 Å². The smallest absolute Gasteiger partial charge is 0.119 e. The van der Waals surface area contributed by atoms with Crippen LogP contribution in [0, 0.1) is 0 Å². The minimum Gasteiger partial charge on any atom is -0.508 e. The van der Waals surface area contributed by atoms with Crippen molar-refractivity contribution in [2.45, 2.75) is 38.3 Å². The molecule has 0 spiro atoms. The van der Waals surface area contributed by atoms with E-state index in [-0.39, 0.29) is 6.61 Å². The summed E-state index contributed by atoms with van der Waals surface area (Å²) in [4.78, 5) is 0. The first-order valence-corrected chi connectivity index (χ1v) is 5.90. The SMILES string of the molecule is CC(CCO)NC1CCc2c(O)cccc21. The van der Waals surface area contributed by atoms with Crippen molar-refractivity contribution >= 4 is 0 Å². The quantitative estimate of drug-likeness (QED) is 0.726. The van der Waals surface area contributed by atoms with E-state index in [0.29, 0.717) is 17.8 Å². The molecule has 0 heterocycles. The average molecular weight is 221 g/mol. The van der Waals surface area contributed by atoms with E-state index in [2.05, 4.69) is 18.3 Å². The summed E-state index contributed by atoms with van der Waals surface area (Å²) in [5.74, 6) is 0.414. The molecule has 88 valence electrons. The first-order valence-electron chi connectivity index (χ1n) is 5.90. The third-order valence-corrected chi connectivity index (χ3v) is 3.29. The Hall–Kier alpha value is -1.06. The molecule has 0 radical (unpaired) electrons. The average Bonchev–Trinajstić information content (AvgIpc) is 2.64. The van der Waals surface area contributed by atoms with Crippen molar-refractivity contribution in [3.63, 3.8) is 0 Å². The number of aliphatic hydroxyl groups is 1. The fourth-order valence-electron chi connectivity index (χ4n) is 2.43. The van der Waals surface area contributed by atoms with Crippen LogP contribution in [-0.4, -0.2) is 22.9 Å². The zero-order valence-electron chi connectivity index (χ0n) is 9.61. The van der Waals surface area contributed by atoms with E-state index in [1.165, 1.54) is 5.56 Å². The first kappa shape index (κ1) is 11.4. The molecule has 1 aromatic rings. The highest BCUT2D eigenvalue weighted by molar-refractivity contribution is 5.44. The highest BCUT2D eigenvalue weighted by Gasteiger charge is 2.25. The van der Waals surface area contributed by atoms with Gasteiger partial charge in [-0.15, -0.1) is 0 Å². The minimum atomic E-state index is 0.216. The van der Waals surface area contributed by atoms with Crippen molar-refractivity contribution in [1.82, 2.24) is 5.32 Å². The van der Waals surface area contributed by atoms with Crippen molar-refractivity contribution in [1.29, 1.82) is 0 Å². The number of rotatable bonds is 4. The monoisotopic (exact) mass is 221 g/mol. The molecule has 1 aromatic carbocycles. The lowest BCUT2D eigenvalue weighted by Crippen LogP contribution is -2.30. The molecule has 1 aliphatic carbocycles. The van der Waals surface area contributed by atoms with Crippen molar-refractivity contribution < 1.29 is 10.2 Å². The van der Waals surface area contributed by atoms with Gasteiger partial charge in [0.2, 0.25) is 0 Å². The Morgan fingerprint density at radius 1 is 1.50 bits per heavy atom. The van der Waals surface area contributed by atoms with Crippen LogP contribution in [0.5, 0.6) is 5.75 Å². The summed E-state index contributed by atoms with van der Waals surface area (Å²) in [6.45, 7) is 2.30. The predicted octanol–water partition coefficient (Wildman–Crippen LogP) is 1.74. The Morgan fingerprint density at radius 3 is 3.06 bits per heavy atom. The van der Waals surface area contributed by atoms with Crippen LogP contribution in [0.1, 0.15) is 36.9 Å². The van der Waals surface area contributed by atoms with Crippen LogP contribution < -0.4 is 5.32 Å². The molecule has 3 heteroatoms. The lowest BCUT2D eigenvalue weighted by molar-refractivity contribution is 0.263. The Bertz CT molecular complexity index is 365. The van der Waals surface area contributed by atoms with Gasteiger partial charge in [-0.25, -0.2) is 0 Å². The van der Waals surface area contributed by atoms with Gasteiger partial charge in [-0.1, -0.05) is 12.1 Å². The number of benzene rings is 1. The van der Waals surface area contributed by atoms with Crippen molar-refractivity contribution in [2.75, 3.05) is 6.61 Å². The van der Waals surface area contributed by atoms with Gasteiger partial charge in [-0.3, -0.25) is 0 Å². The number of aliphatic hydroxyl groups excluding tert-OH is 1. The van der Waals surface area contributed by atoms with E-state index in [0.717, 1.165) is 24.8 Å². The normalized spacial score (nSPS) is 20.8. The van der Waals surface area contributed by atoms with Crippen molar-refractivity contribution in [3.8, 4) is 5.75 Å². The van der Waals surface area contributed by atoms with Gasteiger partial charge < -0.3 is 15.5 Å². The van der Waals surface area contributed by atoms with Gasteiger partial charge in [-0.2, -0.15) is 0 Å². The summed E-state index contributed by atoms with van der Waals surface area (Å²) in [7, 11) is 0. The van der Waals surface area contributed by atoms with E-state index in [1.807, 2.05) is 6.07 Å². The van der Waals surface area contributed by atoms with Crippen molar-refractivity contribution in [2.24, 2.45) is 0 Å². The van der Waals surface area contributed by atoms with Gasteiger partial charge in [0.1, 0.15) is 5.75 Å². The molecule has 0 saturated heterocycles. The highest BCUT2D eigenvalue weighted by atomic mass is 16.3. The Morgan fingerprint density at radius 2 is 2.31 bits per heavy atom. The largest absolute Gasteiger partial charge is 0.508 e. The number of phenols is 1. The first-order chi connectivity index (χ1) is 7.72. The van der Waals surface area contributed by atoms with Gasteiger partial charge in [0, 0.05) is 18.7 Å². The Balaban J connectivity index is 2.09. The molecule has 2 unspecified atom stereocenters. The molecule has 0 aliphatic heterocycles. The summed E-state index contributed by atoms with van der Waals surface area (Å²) in [6, 6.07) is 6.35. The molecule has 2 rings (SSSR count). The number of aromatic hydroxyl groups is 1. The van der Waals surface area contributed by atoms with Crippen LogP contribution >= 0.6 is 0 Å². The number of hydrogen-bond donors (Lipinski definition) is 3. The number of hydrogen-bond acceptors (Lipinski definition) is 3. The standard InChI is InChI=1S/C13H19NO2/c1-9(7-8-15)14-12-6-5-11-10(12)3-2-4-13(11)16/h2-4,9,12,14-16H,5-8H2,1H3. The van der Waals surface area contributed by atoms with E-state index in [9.17, 15) is 5.11 Å². The van der Waals surface area contributed by atoms with E-state index in [1.54, 1.807) is 6.07 Å². The lowest BCUT2D eigenvalue weighted by Gasteiger charge is -2.19. The van der Waals surface area contributed by atoms with Crippen LogP contribution in [0.25, 0.3) is 0 Å². The number of phenolic OH excluding ortho intramolecular Hbond substituents is 1. The van der Waals surface area contributed by atoms with Crippen molar-refractivity contribution in [3.05, 3.63) is 29.3 Å². The maximum Gasteiger partial charge on any atom is 0.119 e. The van der Waals surface area contributed by atoms with Crippen LogP contribution in [0.3, 0.4) is 0 Å². The van der Waals surface area contributed by atoms with Crippen LogP contribution in [0.2, 0.25) is 0 Å². The predicted molar refractivity (Wildman–Crippen MR) is 63.5 cm³/mol. The van der Waals surface area contributed by atoms with E-state index < -0.39 is 0 Å². The molecule has 0 amide bonds. The van der Waals surface area contributed by atoms with Gasteiger partial charge in [-0.05, 0) is 43.4 Å². The van der Waals surface area contributed by atoms with Gasteiger partial charge in [0.15, 0.2) is 0 Å². The van der Waals surface area contributed by atoms with Crippen LogP contribution in [-0.2, 0) is 6.42 Å². The summed E-state index contributed by atoms with van der Waals surface area (Å²) in [6.07, 6.45) is 2.73. The fourth-order valence-corrected chi connectivity index (χ4v) is 2.43. The summed E-state index contributed by atoms with van der Waals surface area (Å²) < 4.78 is 0. The zero-order valence-corrected chi connectivity index (χ0v) is 9.61. The number of fused-ring (bicyclic) bond motifs is 1. The second-order valence-electron chi connectivity index (χ2n) is 4.52. The fraction of sp³-hybridized carbons (Fsp3) is 0.538. The molecule has 0 aromatic heterocycles. The molecule has 16 heavy (non-hydrogen) atoms. The van der Waals surface area contributed by atoms with Gasteiger partial charge in [0.25, 0.3) is 0 Å². The van der Waals surface area contributed by atoms with E-state index in [4.69, 9.17) is 5.11 Å². The molecule has 0 fully saturated rings. The van der Waals surface area contributed by atoms with Crippen LogP contribution in [0.15, 0.2) is 18.2 Å². The molecule has 1 aliphatic rings. The molecular weight excluding hydrogens is 202 g/mol. The molecule has 0 saturated carbocycles. The van der Waals surface area contributed by atoms with Crippen LogP contribution in [0.4, 0.5) is 0 Å². The second kappa shape index (κ2) is 4.85. The number of nitrogens with one attached hydrogen (secondary N) is 1. The molecule has 3 N–H and O–H groups in total. The molecule has 2 atom stereocenters. The Kier molecular flexibility index (Phi) is 3.46. The Labute approximate surface area is 96.1 Å². The summed E-state index contributed by atoms with van der Waals surface area (Å²) in [5, 5.41) is 22.1. The third-order valence-electron chi connectivity index (χ3n) is 3.29. The molecular formula is C13H19NO2. The minimum absolute atomic E-state index is 0.216. The summed E-state index contributed by atoms with van der Waals surface area (Å²) >= 11 is 0. The topological polar surface area (TPSA) is 52.5 Å². The third kappa shape index (κ3) is 2.20. The second-order valence-corrected chi connectivity index (χ2v) is 4.52. The van der Waals surface area contributed by atoms with E-state index >= 15 is 0 Å². The maximum atomic E-state index is 9.72. The lowest BCUT2D eigenvalue weighted by atomic mass is 10.1. The molecule has 3 nitrogen and oxygen atoms in total. The highest BCUT2D eigenvalue weighted by Crippen LogP contribution is 2.36. The van der Waals surface area contributed by atoms with Gasteiger partial charge >= 0.3 is 0 Å². The molecule has 0 bridgehead atoms. The zero-order chi connectivity index (χ0) is 11.5.